The van der Waals surface area contributed by atoms with Crippen LogP contribution in [0, 0.1) is 11.3 Å². The molecule has 5 rings (SSSR count). The van der Waals surface area contributed by atoms with Gasteiger partial charge in [0.05, 0.1) is 25.6 Å². The van der Waals surface area contributed by atoms with Crippen LogP contribution in [0.1, 0.15) is 5.56 Å². The van der Waals surface area contributed by atoms with Gasteiger partial charge >= 0.3 is 0 Å². The summed E-state index contributed by atoms with van der Waals surface area (Å²) in [6.45, 7) is 0. The number of anilines is 1. The molecule has 32 heavy (non-hydrogen) atoms. The predicted molar refractivity (Wildman–Crippen MR) is 126 cm³/mol. The molecule has 0 aliphatic rings. The largest absolute Gasteiger partial charge is 0.493 e. The summed E-state index contributed by atoms with van der Waals surface area (Å²) in [4.78, 5) is 5.03. The first-order valence-corrected chi connectivity index (χ1v) is 10.1. The second-order valence-electron chi connectivity index (χ2n) is 7.32. The summed E-state index contributed by atoms with van der Waals surface area (Å²) >= 11 is 0. The third-order valence-electron chi connectivity index (χ3n) is 5.61. The quantitative estimate of drug-likeness (QED) is 0.427. The highest BCUT2D eigenvalue weighted by Gasteiger charge is 2.23. The third kappa shape index (κ3) is 2.83. The highest BCUT2D eigenvalue weighted by molar-refractivity contribution is 6.04. The van der Waals surface area contributed by atoms with Gasteiger partial charge in [0.1, 0.15) is 23.1 Å². The number of benzene rings is 3. The van der Waals surface area contributed by atoms with Crippen molar-refractivity contribution >= 4 is 22.2 Å². The van der Waals surface area contributed by atoms with E-state index in [4.69, 9.17) is 20.2 Å². The third-order valence-corrected chi connectivity index (χ3v) is 5.61. The standard InChI is InChI=1S/C26H20N4O2/c1-31-21-13-18-19(14-22(21)32-2)26-29-23(16-9-5-3-6-10-16)24(17-11-7-4-8-12-17)30(26)25(28)20(18)15-27/h3-14H,28H2,1-2H3. The number of aromatic nitrogens is 2. The fraction of sp³-hybridized carbons (Fsp3) is 0.0769. The Hall–Kier alpha value is -4.50. The molecule has 5 aromatic rings. The van der Waals surface area contributed by atoms with Crippen molar-refractivity contribution in [2.45, 2.75) is 0 Å². The molecule has 2 N–H and O–H groups in total. The number of hydrogen-bond acceptors (Lipinski definition) is 5. The van der Waals surface area contributed by atoms with Crippen LogP contribution >= 0.6 is 0 Å². The molecule has 0 saturated heterocycles. The maximum Gasteiger partial charge on any atom is 0.161 e. The van der Waals surface area contributed by atoms with Crippen LogP contribution in [0.3, 0.4) is 0 Å². The highest BCUT2D eigenvalue weighted by Crippen LogP contribution is 2.41. The van der Waals surface area contributed by atoms with Crippen molar-refractivity contribution in [1.82, 2.24) is 9.38 Å². The highest BCUT2D eigenvalue weighted by atomic mass is 16.5. The second kappa shape index (κ2) is 7.64. The van der Waals surface area contributed by atoms with Gasteiger partial charge in [-0.25, -0.2) is 4.98 Å². The fourth-order valence-electron chi connectivity index (χ4n) is 4.13. The van der Waals surface area contributed by atoms with Gasteiger partial charge in [-0.05, 0) is 12.1 Å². The lowest BCUT2D eigenvalue weighted by molar-refractivity contribution is 0.356. The van der Waals surface area contributed by atoms with Crippen molar-refractivity contribution in [2.75, 3.05) is 20.0 Å². The zero-order valence-corrected chi connectivity index (χ0v) is 17.7. The number of fused-ring (bicyclic) bond motifs is 3. The number of nitrogens with zero attached hydrogens (tertiary/aromatic N) is 3. The van der Waals surface area contributed by atoms with Crippen LogP contribution in [-0.2, 0) is 0 Å². The topological polar surface area (TPSA) is 85.6 Å². The first kappa shape index (κ1) is 19.5. The van der Waals surface area contributed by atoms with Crippen LogP contribution in [-0.4, -0.2) is 23.6 Å². The van der Waals surface area contributed by atoms with Crippen molar-refractivity contribution in [3.8, 4) is 40.1 Å². The zero-order chi connectivity index (χ0) is 22.2. The summed E-state index contributed by atoms with van der Waals surface area (Å²) in [5, 5.41) is 11.4. The van der Waals surface area contributed by atoms with Gasteiger partial charge in [-0.15, -0.1) is 0 Å². The predicted octanol–water partition coefficient (Wildman–Crippen LogP) is 5.29. The monoisotopic (exact) mass is 420 g/mol. The molecule has 0 saturated carbocycles. The van der Waals surface area contributed by atoms with Gasteiger partial charge in [-0.1, -0.05) is 60.7 Å². The number of methoxy groups -OCH3 is 2. The Kier molecular flexibility index (Phi) is 4.65. The number of nitrogen functional groups attached to an aromatic ring is 1. The molecule has 6 heteroatoms. The molecule has 0 radical (unpaired) electrons. The Morgan fingerprint density at radius 1 is 0.844 bits per heavy atom. The normalized spacial score (nSPS) is 10.9. The zero-order valence-electron chi connectivity index (χ0n) is 17.7. The van der Waals surface area contributed by atoms with Crippen LogP contribution in [0.4, 0.5) is 5.82 Å². The molecule has 0 fully saturated rings. The lowest BCUT2D eigenvalue weighted by Gasteiger charge is -2.14. The van der Waals surface area contributed by atoms with E-state index < -0.39 is 0 Å². The fourth-order valence-corrected chi connectivity index (χ4v) is 4.13. The van der Waals surface area contributed by atoms with Crippen LogP contribution in [0.5, 0.6) is 11.5 Å². The maximum absolute atomic E-state index is 10.0. The average Bonchev–Trinajstić information content (AvgIpc) is 3.26. The van der Waals surface area contributed by atoms with Crippen LogP contribution in [0.15, 0.2) is 72.8 Å². The summed E-state index contributed by atoms with van der Waals surface area (Å²) in [6.07, 6.45) is 0. The minimum Gasteiger partial charge on any atom is -0.493 e. The summed E-state index contributed by atoms with van der Waals surface area (Å²) < 4.78 is 12.9. The van der Waals surface area contributed by atoms with Gasteiger partial charge < -0.3 is 15.2 Å². The Morgan fingerprint density at radius 2 is 1.41 bits per heavy atom. The minimum atomic E-state index is 0.329. The first-order valence-electron chi connectivity index (χ1n) is 10.1. The van der Waals surface area contributed by atoms with E-state index in [0.29, 0.717) is 33.9 Å². The van der Waals surface area contributed by atoms with Crippen molar-refractivity contribution < 1.29 is 9.47 Å². The molecule has 6 nitrogen and oxygen atoms in total. The smallest absolute Gasteiger partial charge is 0.161 e. The number of nitriles is 1. The average molecular weight is 420 g/mol. The number of pyridine rings is 1. The Labute approximate surface area is 185 Å². The molecule has 0 unspecified atom stereocenters. The molecule has 156 valence electrons. The van der Waals surface area contributed by atoms with Crippen LogP contribution in [0.25, 0.3) is 38.9 Å². The van der Waals surface area contributed by atoms with Gasteiger partial charge in [0.2, 0.25) is 0 Å². The second-order valence-corrected chi connectivity index (χ2v) is 7.32. The van der Waals surface area contributed by atoms with E-state index in [-0.39, 0.29) is 0 Å². The van der Waals surface area contributed by atoms with Gasteiger partial charge in [0, 0.05) is 21.9 Å². The van der Waals surface area contributed by atoms with Crippen molar-refractivity contribution in [2.24, 2.45) is 0 Å². The number of hydrogen-bond donors (Lipinski definition) is 1. The summed E-state index contributed by atoms with van der Waals surface area (Å²) in [7, 11) is 3.15. The SMILES string of the molecule is COc1cc2c(C#N)c(N)n3c(-c4ccccc4)c(-c4ccccc4)nc3c2cc1OC. The summed E-state index contributed by atoms with van der Waals surface area (Å²) in [5.41, 5.74) is 11.2. The molecule has 0 atom stereocenters. The minimum absolute atomic E-state index is 0.329. The van der Waals surface area contributed by atoms with E-state index >= 15 is 0 Å². The molecule has 0 aliphatic carbocycles. The van der Waals surface area contributed by atoms with Gasteiger partial charge in [0.15, 0.2) is 11.5 Å². The Bertz CT molecular complexity index is 1500. The lowest BCUT2D eigenvalue weighted by atomic mass is 10.0. The number of rotatable bonds is 4. The van der Waals surface area contributed by atoms with Crippen molar-refractivity contribution in [3.05, 3.63) is 78.4 Å². The molecule has 0 amide bonds. The molecule has 0 bridgehead atoms. The number of imidazole rings is 1. The van der Waals surface area contributed by atoms with Crippen molar-refractivity contribution in [1.29, 1.82) is 5.26 Å². The maximum atomic E-state index is 10.0. The van der Waals surface area contributed by atoms with E-state index in [1.807, 2.05) is 71.1 Å². The molecule has 0 spiro atoms. The molecule has 0 aliphatic heterocycles. The summed E-state index contributed by atoms with van der Waals surface area (Å²) in [5.74, 6) is 1.41. The molecule has 2 heterocycles. The first-order chi connectivity index (χ1) is 15.7. The number of ether oxygens (including phenoxy) is 2. The molecular weight excluding hydrogens is 400 g/mol. The van der Waals surface area contributed by atoms with Crippen LogP contribution in [0.2, 0.25) is 0 Å². The molecule has 3 aromatic carbocycles. The van der Waals surface area contributed by atoms with E-state index in [9.17, 15) is 5.26 Å². The van der Waals surface area contributed by atoms with Crippen LogP contribution < -0.4 is 15.2 Å². The van der Waals surface area contributed by atoms with Gasteiger partial charge in [-0.3, -0.25) is 4.40 Å². The van der Waals surface area contributed by atoms with E-state index in [2.05, 4.69) is 6.07 Å². The molecule has 2 aromatic heterocycles. The van der Waals surface area contributed by atoms with Gasteiger partial charge in [-0.2, -0.15) is 5.26 Å². The molecular formula is C26H20N4O2. The Balaban J connectivity index is 2.02. The van der Waals surface area contributed by atoms with Gasteiger partial charge in [0.25, 0.3) is 0 Å². The Morgan fingerprint density at radius 3 is 1.97 bits per heavy atom. The van der Waals surface area contributed by atoms with E-state index in [0.717, 1.165) is 27.9 Å². The van der Waals surface area contributed by atoms with Crippen molar-refractivity contribution in [3.63, 3.8) is 0 Å². The van der Waals surface area contributed by atoms with E-state index in [1.54, 1.807) is 20.3 Å². The number of nitrogens with two attached hydrogens (primary N) is 1. The lowest BCUT2D eigenvalue weighted by Crippen LogP contribution is -2.04. The summed E-state index contributed by atoms with van der Waals surface area (Å²) in [6, 6.07) is 25.8. The van der Waals surface area contributed by atoms with E-state index in [1.165, 1.54) is 0 Å².